The number of pyridine rings is 1. The third-order valence-corrected chi connectivity index (χ3v) is 5.60. The Bertz CT molecular complexity index is 1340. The molecular formula is C26H23ClN4O2. The summed E-state index contributed by atoms with van der Waals surface area (Å²) in [5, 5.41) is 7.76. The molecule has 4 aromatic rings. The first kappa shape index (κ1) is 22.3. The van der Waals surface area contributed by atoms with Gasteiger partial charge in [-0.15, -0.1) is 0 Å². The number of ketones is 1. The predicted molar refractivity (Wildman–Crippen MR) is 132 cm³/mol. The number of hydrogen-bond donors (Lipinski definition) is 2. The molecule has 0 unspecified atom stereocenters. The minimum absolute atomic E-state index is 0.0934. The average molecular weight is 459 g/mol. The van der Waals surface area contributed by atoms with Crippen LogP contribution in [-0.2, 0) is 4.79 Å². The number of nitrogens with zero attached hydrogens (tertiary/aromatic N) is 2. The average Bonchev–Trinajstić information content (AvgIpc) is 3.10. The number of halogens is 1. The van der Waals surface area contributed by atoms with Crippen LogP contribution in [0.1, 0.15) is 32.7 Å². The summed E-state index contributed by atoms with van der Waals surface area (Å²) < 4.78 is 1.84. The van der Waals surface area contributed by atoms with Crippen molar-refractivity contribution in [2.24, 2.45) is 5.10 Å². The van der Waals surface area contributed by atoms with Crippen LogP contribution in [0.5, 0.6) is 0 Å². The summed E-state index contributed by atoms with van der Waals surface area (Å²) >= 11 is 5.97. The molecule has 2 aromatic carbocycles. The fourth-order valence-electron chi connectivity index (χ4n) is 3.60. The smallest absolute Gasteiger partial charge is 0.259 e. The number of hydrogen-bond acceptors (Lipinski definition) is 4. The van der Waals surface area contributed by atoms with Crippen molar-refractivity contribution in [2.45, 2.75) is 13.8 Å². The zero-order chi connectivity index (χ0) is 23.4. The van der Waals surface area contributed by atoms with E-state index in [0.717, 1.165) is 27.9 Å². The van der Waals surface area contributed by atoms with Crippen LogP contribution in [-0.4, -0.2) is 28.9 Å². The van der Waals surface area contributed by atoms with Crippen molar-refractivity contribution in [3.05, 3.63) is 106 Å². The monoisotopic (exact) mass is 458 g/mol. The molecule has 0 radical (unpaired) electrons. The topological polar surface area (TPSA) is 75.0 Å². The molecule has 0 aliphatic heterocycles. The van der Waals surface area contributed by atoms with Gasteiger partial charge in [-0.05, 0) is 67.9 Å². The Kier molecular flexibility index (Phi) is 6.56. The molecule has 7 heteroatoms. The minimum Gasteiger partial charge on any atom is -0.376 e. The molecule has 0 saturated heterocycles. The molecule has 0 spiro atoms. The van der Waals surface area contributed by atoms with Gasteiger partial charge in [0.1, 0.15) is 0 Å². The molecule has 0 bridgehead atoms. The van der Waals surface area contributed by atoms with Crippen LogP contribution in [0.3, 0.4) is 0 Å². The molecule has 0 aliphatic rings. The number of carbonyl (C=O) groups excluding carboxylic acids is 2. The number of fused-ring (bicyclic) bond motifs is 1. The van der Waals surface area contributed by atoms with Gasteiger partial charge in [0.2, 0.25) is 5.78 Å². The number of benzene rings is 2. The first-order valence-electron chi connectivity index (χ1n) is 10.5. The summed E-state index contributed by atoms with van der Waals surface area (Å²) in [7, 11) is 0. The Morgan fingerprint density at radius 1 is 1.00 bits per heavy atom. The zero-order valence-electron chi connectivity index (χ0n) is 18.3. The van der Waals surface area contributed by atoms with Gasteiger partial charge in [0, 0.05) is 28.0 Å². The summed E-state index contributed by atoms with van der Waals surface area (Å²) in [6.45, 7) is 3.97. The van der Waals surface area contributed by atoms with E-state index in [0.29, 0.717) is 16.3 Å². The maximum Gasteiger partial charge on any atom is 0.259 e. The maximum absolute atomic E-state index is 13.2. The lowest BCUT2D eigenvalue weighted by atomic mass is 10.0. The van der Waals surface area contributed by atoms with Gasteiger partial charge in [0.15, 0.2) is 0 Å². The van der Waals surface area contributed by atoms with Crippen molar-refractivity contribution in [1.82, 2.24) is 9.83 Å². The fraction of sp³-hybridized carbons (Fsp3) is 0.115. The van der Waals surface area contributed by atoms with Gasteiger partial charge < -0.3 is 9.72 Å². The van der Waals surface area contributed by atoms with Crippen LogP contribution in [0.15, 0.2) is 78.0 Å². The Morgan fingerprint density at radius 3 is 2.45 bits per heavy atom. The van der Waals surface area contributed by atoms with Gasteiger partial charge in [-0.2, -0.15) is 5.10 Å². The van der Waals surface area contributed by atoms with E-state index >= 15 is 0 Å². The zero-order valence-corrected chi connectivity index (χ0v) is 19.1. The second-order valence-electron chi connectivity index (χ2n) is 7.69. The lowest BCUT2D eigenvalue weighted by Gasteiger charge is -2.05. The molecule has 166 valence electrons. The van der Waals surface area contributed by atoms with Crippen molar-refractivity contribution in [1.29, 1.82) is 0 Å². The second kappa shape index (κ2) is 9.71. The molecule has 0 atom stereocenters. The van der Waals surface area contributed by atoms with E-state index in [1.54, 1.807) is 30.5 Å². The molecular weight excluding hydrogens is 436 g/mol. The van der Waals surface area contributed by atoms with Crippen molar-refractivity contribution < 1.29 is 9.59 Å². The molecule has 0 aliphatic carbocycles. The van der Waals surface area contributed by atoms with Crippen molar-refractivity contribution in [2.75, 3.05) is 11.9 Å². The Labute approximate surface area is 196 Å². The highest BCUT2D eigenvalue weighted by Crippen LogP contribution is 2.24. The molecule has 0 fully saturated rings. The Hall–Kier alpha value is -3.90. The van der Waals surface area contributed by atoms with Crippen LogP contribution in [0, 0.1) is 13.8 Å². The van der Waals surface area contributed by atoms with Crippen molar-refractivity contribution >= 4 is 40.7 Å². The van der Waals surface area contributed by atoms with Crippen LogP contribution in [0.25, 0.3) is 5.52 Å². The molecule has 0 saturated carbocycles. The third kappa shape index (κ3) is 4.96. The highest BCUT2D eigenvalue weighted by atomic mass is 35.5. The van der Waals surface area contributed by atoms with Gasteiger partial charge in [0.25, 0.3) is 5.91 Å². The lowest BCUT2D eigenvalue weighted by Crippen LogP contribution is -2.25. The van der Waals surface area contributed by atoms with E-state index in [4.69, 9.17) is 11.6 Å². The highest BCUT2D eigenvalue weighted by Gasteiger charge is 2.20. The van der Waals surface area contributed by atoms with Gasteiger partial charge >= 0.3 is 0 Å². The van der Waals surface area contributed by atoms with Crippen LogP contribution in [0.4, 0.5) is 5.69 Å². The summed E-state index contributed by atoms with van der Waals surface area (Å²) in [6.07, 6.45) is 3.42. The SMILES string of the molecule is Cc1ccc(NCC(=O)N/N=C/c2c(C)c(C(=O)c3ccc(Cl)cc3)n3ccccc23)cc1. The van der Waals surface area contributed by atoms with Crippen molar-refractivity contribution in [3.8, 4) is 0 Å². The number of carbonyl (C=O) groups is 2. The van der Waals surface area contributed by atoms with E-state index in [2.05, 4.69) is 15.8 Å². The number of rotatable bonds is 7. The number of aromatic nitrogens is 1. The summed E-state index contributed by atoms with van der Waals surface area (Å²) in [6, 6.07) is 20.3. The normalized spacial score (nSPS) is 11.1. The van der Waals surface area contributed by atoms with E-state index in [-0.39, 0.29) is 18.2 Å². The largest absolute Gasteiger partial charge is 0.376 e. The van der Waals surface area contributed by atoms with Crippen molar-refractivity contribution in [3.63, 3.8) is 0 Å². The van der Waals surface area contributed by atoms with Gasteiger partial charge in [-0.1, -0.05) is 35.4 Å². The summed E-state index contributed by atoms with van der Waals surface area (Å²) in [5.41, 5.74) is 8.00. The third-order valence-electron chi connectivity index (χ3n) is 5.34. The van der Waals surface area contributed by atoms with E-state index in [9.17, 15) is 9.59 Å². The summed E-state index contributed by atoms with van der Waals surface area (Å²) in [4.78, 5) is 25.4. The molecule has 4 rings (SSSR count). The lowest BCUT2D eigenvalue weighted by molar-refractivity contribution is -0.119. The number of anilines is 1. The number of amides is 1. The minimum atomic E-state index is -0.273. The van der Waals surface area contributed by atoms with E-state index < -0.39 is 0 Å². The summed E-state index contributed by atoms with van der Waals surface area (Å²) in [5.74, 6) is -0.387. The van der Waals surface area contributed by atoms with Crippen LogP contribution in [0.2, 0.25) is 5.02 Å². The molecule has 2 N–H and O–H groups in total. The molecule has 1 amide bonds. The number of hydrazone groups is 1. The van der Waals surface area contributed by atoms with Gasteiger partial charge in [-0.3, -0.25) is 9.59 Å². The first-order chi connectivity index (χ1) is 15.9. The standard InChI is InChI=1S/C26H23ClN4O2/c1-17-6-12-21(13-7-17)28-16-24(32)30-29-15-22-18(2)25(31-14-4-3-5-23(22)31)26(33)19-8-10-20(27)11-9-19/h3-15,28H,16H2,1-2H3,(H,30,32)/b29-15+. The Morgan fingerprint density at radius 2 is 1.73 bits per heavy atom. The van der Waals surface area contributed by atoms with Gasteiger partial charge in [-0.25, -0.2) is 5.43 Å². The number of aryl methyl sites for hydroxylation is 1. The van der Waals surface area contributed by atoms with E-state index in [1.165, 1.54) is 0 Å². The van der Waals surface area contributed by atoms with Gasteiger partial charge in [0.05, 0.1) is 24.0 Å². The molecule has 2 aromatic heterocycles. The fourth-order valence-corrected chi connectivity index (χ4v) is 3.73. The quantitative estimate of drug-likeness (QED) is 0.232. The second-order valence-corrected chi connectivity index (χ2v) is 8.13. The van der Waals surface area contributed by atoms with Crippen LogP contribution >= 0.6 is 11.6 Å². The molecule has 6 nitrogen and oxygen atoms in total. The Balaban J connectivity index is 1.53. The van der Waals surface area contributed by atoms with Crippen LogP contribution < -0.4 is 10.7 Å². The molecule has 33 heavy (non-hydrogen) atoms. The highest BCUT2D eigenvalue weighted by molar-refractivity contribution is 6.30. The molecule has 2 heterocycles. The number of nitrogens with one attached hydrogen (secondary N) is 2. The van der Waals surface area contributed by atoms with E-state index in [1.807, 2.05) is 66.9 Å². The predicted octanol–water partition coefficient (Wildman–Crippen LogP) is 5.00. The maximum atomic E-state index is 13.2. The first-order valence-corrected chi connectivity index (χ1v) is 10.8.